The molecule has 3 nitrogen and oxygen atoms in total. The van der Waals surface area contributed by atoms with Gasteiger partial charge in [0, 0.05) is 6.04 Å². The Hall–Kier alpha value is -1.59. The van der Waals surface area contributed by atoms with Crippen LogP contribution in [0.5, 0.6) is 11.5 Å². The Morgan fingerprint density at radius 1 is 1.10 bits per heavy atom. The molecule has 110 valence electrons. The molecule has 0 bridgehead atoms. The summed E-state index contributed by atoms with van der Waals surface area (Å²) in [5.74, 6) is 1.21. The van der Waals surface area contributed by atoms with Gasteiger partial charge in [0.15, 0.2) is 11.5 Å². The third-order valence-electron chi connectivity index (χ3n) is 3.43. The van der Waals surface area contributed by atoms with Gasteiger partial charge in [-0.15, -0.1) is 0 Å². The zero-order valence-electron chi connectivity index (χ0n) is 11.3. The van der Waals surface area contributed by atoms with Gasteiger partial charge in [0.1, 0.15) is 19.0 Å². The normalized spacial score (nSPS) is 14.8. The van der Waals surface area contributed by atoms with Gasteiger partial charge in [0.25, 0.3) is 0 Å². The highest BCUT2D eigenvalue weighted by molar-refractivity contribution is 9.10. The predicted octanol–water partition coefficient (Wildman–Crippen LogP) is 3.60. The van der Waals surface area contributed by atoms with E-state index in [1.165, 1.54) is 6.07 Å². The molecule has 0 saturated carbocycles. The number of hydrogen-bond acceptors (Lipinski definition) is 3. The Morgan fingerprint density at radius 2 is 1.86 bits per heavy atom. The first kappa shape index (κ1) is 14.4. The van der Waals surface area contributed by atoms with Crippen molar-refractivity contribution in [3.8, 4) is 11.5 Å². The number of ether oxygens (including phenoxy) is 2. The van der Waals surface area contributed by atoms with Gasteiger partial charge in [0.2, 0.25) is 0 Å². The SMILES string of the molecule is NC(Cc1ccc(F)c(Br)c1)c1ccc2c(c1)OCCO2. The van der Waals surface area contributed by atoms with Crippen LogP contribution in [-0.2, 0) is 6.42 Å². The Labute approximate surface area is 131 Å². The fourth-order valence-corrected chi connectivity index (χ4v) is 2.76. The van der Waals surface area contributed by atoms with Crippen molar-refractivity contribution < 1.29 is 13.9 Å². The molecule has 2 aromatic rings. The third-order valence-corrected chi connectivity index (χ3v) is 4.04. The Bertz CT molecular complexity index is 663. The first-order valence-electron chi connectivity index (χ1n) is 6.72. The van der Waals surface area contributed by atoms with Crippen molar-refractivity contribution in [2.75, 3.05) is 13.2 Å². The van der Waals surface area contributed by atoms with Crippen LogP contribution in [-0.4, -0.2) is 13.2 Å². The van der Waals surface area contributed by atoms with Gasteiger partial charge in [-0.1, -0.05) is 12.1 Å². The summed E-state index contributed by atoms with van der Waals surface area (Å²) in [6, 6.07) is 10.5. The number of halogens is 2. The van der Waals surface area contributed by atoms with E-state index in [4.69, 9.17) is 15.2 Å². The van der Waals surface area contributed by atoms with Crippen molar-refractivity contribution in [3.05, 3.63) is 57.8 Å². The third kappa shape index (κ3) is 3.19. The zero-order valence-corrected chi connectivity index (χ0v) is 12.9. The van der Waals surface area contributed by atoms with Gasteiger partial charge in [0.05, 0.1) is 4.47 Å². The molecule has 1 atom stereocenters. The van der Waals surface area contributed by atoms with Gasteiger partial charge in [-0.3, -0.25) is 0 Å². The summed E-state index contributed by atoms with van der Waals surface area (Å²) in [5.41, 5.74) is 8.19. The maximum absolute atomic E-state index is 13.2. The fraction of sp³-hybridized carbons (Fsp3) is 0.250. The summed E-state index contributed by atoms with van der Waals surface area (Å²) in [7, 11) is 0. The highest BCUT2D eigenvalue weighted by Gasteiger charge is 2.15. The first-order chi connectivity index (χ1) is 10.1. The molecule has 0 radical (unpaired) electrons. The van der Waals surface area contributed by atoms with Gasteiger partial charge in [-0.2, -0.15) is 0 Å². The molecule has 5 heteroatoms. The molecule has 3 rings (SSSR count). The van der Waals surface area contributed by atoms with Crippen LogP contribution in [0.15, 0.2) is 40.9 Å². The van der Waals surface area contributed by atoms with Crippen LogP contribution in [0.25, 0.3) is 0 Å². The summed E-state index contributed by atoms with van der Waals surface area (Å²) in [4.78, 5) is 0. The van der Waals surface area contributed by atoms with E-state index in [0.717, 1.165) is 22.6 Å². The van der Waals surface area contributed by atoms with Gasteiger partial charge in [-0.05, 0) is 57.7 Å². The average Bonchev–Trinajstić information content (AvgIpc) is 2.50. The summed E-state index contributed by atoms with van der Waals surface area (Å²) in [6.07, 6.45) is 0.624. The standard InChI is InChI=1S/C16H15BrFNO2/c17-12-7-10(1-3-13(12)18)8-14(19)11-2-4-15-16(9-11)21-6-5-20-15/h1-4,7,9,14H,5-6,8,19H2. The average molecular weight is 352 g/mol. The van der Waals surface area contributed by atoms with E-state index in [9.17, 15) is 4.39 Å². The Balaban J connectivity index is 1.78. The molecule has 1 heterocycles. The molecule has 0 aromatic heterocycles. The van der Waals surface area contributed by atoms with Crippen LogP contribution in [0, 0.1) is 5.82 Å². The van der Waals surface area contributed by atoms with Crippen LogP contribution in [0.3, 0.4) is 0 Å². The van der Waals surface area contributed by atoms with Crippen molar-refractivity contribution in [2.45, 2.75) is 12.5 Å². The van der Waals surface area contributed by atoms with Crippen LogP contribution in [0.2, 0.25) is 0 Å². The monoisotopic (exact) mass is 351 g/mol. The summed E-state index contributed by atoms with van der Waals surface area (Å²) >= 11 is 3.19. The molecule has 2 aromatic carbocycles. The molecular weight excluding hydrogens is 337 g/mol. The van der Waals surface area contributed by atoms with E-state index < -0.39 is 0 Å². The molecule has 1 unspecified atom stereocenters. The molecule has 1 aliphatic rings. The lowest BCUT2D eigenvalue weighted by atomic mass is 9.99. The van der Waals surface area contributed by atoms with Crippen LogP contribution in [0.1, 0.15) is 17.2 Å². The number of hydrogen-bond donors (Lipinski definition) is 1. The van der Waals surface area contributed by atoms with E-state index >= 15 is 0 Å². The number of benzene rings is 2. The minimum atomic E-state index is -0.272. The van der Waals surface area contributed by atoms with Crippen LogP contribution < -0.4 is 15.2 Å². The topological polar surface area (TPSA) is 44.5 Å². The highest BCUT2D eigenvalue weighted by Crippen LogP contribution is 2.33. The molecule has 1 aliphatic heterocycles. The van der Waals surface area contributed by atoms with E-state index in [2.05, 4.69) is 15.9 Å². The molecule has 0 fully saturated rings. The number of nitrogens with two attached hydrogens (primary N) is 1. The van der Waals surface area contributed by atoms with Crippen molar-refractivity contribution in [1.29, 1.82) is 0 Å². The number of fused-ring (bicyclic) bond motifs is 1. The minimum Gasteiger partial charge on any atom is -0.486 e. The second-order valence-corrected chi connectivity index (χ2v) is 5.82. The molecule has 0 amide bonds. The largest absolute Gasteiger partial charge is 0.486 e. The van der Waals surface area contributed by atoms with Gasteiger partial charge in [-0.25, -0.2) is 4.39 Å². The maximum Gasteiger partial charge on any atom is 0.161 e. The van der Waals surface area contributed by atoms with Crippen LogP contribution in [0.4, 0.5) is 4.39 Å². The molecule has 0 saturated heterocycles. The molecule has 21 heavy (non-hydrogen) atoms. The lowest BCUT2D eigenvalue weighted by Gasteiger charge is -2.20. The minimum absolute atomic E-state index is 0.182. The number of rotatable bonds is 3. The lowest BCUT2D eigenvalue weighted by Crippen LogP contribution is -2.17. The smallest absolute Gasteiger partial charge is 0.161 e. The molecule has 0 aliphatic carbocycles. The first-order valence-corrected chi connectivity index (χ1v) is 7.52. The van der Waals surface area contributed by atoms with Crippen molar-refractivity contribution in [3.63, 3.8) is 0 Å². The van der Waals surface area contributed by atoms with E-state index in [1.807, 2.05) is 18.2 Å². The second-order valence-electron chi connectivity index (χ2n) is 4.96. The predicted molar refractivity (Wildman–Crippen MR) is 82.2 cm³/mol. The summed E-state index contributed by atoms with van der Waals surface area (Å²) in [6.45, 7) is 1.12. The molecule has 2 N–H and O–H groups in total. The molecule has 0 spiro atoms. The van der Waals surface area contributed by atoms with Crippen molar-refractivity contribution >= 4 is 15.9 Å². The van der Waals surface area contributed by atoms with E-state index in [1.54, 1.807) is 12.1 Å². The van der Waals surface area contributed by atoms with E-state index in [0.29, 0.717) is 24.1 Å². The second kappa shape index (κ2) is 6.03. The maximum atomic E-state index is 13.2. The Morgan fingerprint density at radius 3 is 2.62 bits per heavy atom. The van der Waals surface area contributed by atoms with Crippen molar-refractivity contribution in [1.82, 2.24) is 0 Å². The molecular formula is C16H15BrFNO2. The lowest BCUT2D eigenvalue weighted by molar-refractivity contribution is 0.171. The van der Waals surface area contributed by atoms with Gasteiger partial charge < -0.3 is 15.2 Å². The van der Waals surface area contributed by atoms with E-state index in [-0.39, 0.29) is 11.9 Å². The fourth-order valence-electron chi connectivity index (χ4n) is 2.33. The van der Waals surface area contributed by atoms with Crippen molar-refractivity contribution in [2.24, 2.45) is 5.73 Å². The quantitative estimate of drug-likeness (QED) is 0.918. The van der Waals surface area contributed by atoms with Gasteiger partial charge >= 0.3 is 0 Å². The summed E-state index contributed by atoms with van der Waals surface area (Å²) < 4.78 is 24.7. The van der Waals surface area contributed by atoms with Crippen LogP contribution >= 0.6 is 15.9 Å². The summed E-state index contributed by atoms with van der Waals surface area (Å²) in [5, 5.41) is 0. The Kier molecular flexibility index (Phi) is 4.12. The zero-order chi connectivity index (χ0) is 14.8. The highest BCUT2D eigenvalue weighted by atomic mass is 79.9.